The van der Waals surface area contributed by atoms with Crippen LogP contribution in [0.5, 0.6) is 0 Å². The fraction of sp³-hybridized carbons (Fsp3) is 1.00. The van der Waals surface area contributed by atoms with Gasteiger partial charge in [0.25, 0.3) is 0 Å². The molecular formula is C18H43N3O5Si4. The maximum atomic E-state index is 9.31. The molecule has 1 aliphatic heterocycles. The van der Waals surface area contributed by atoms with Gasteiger partial charge in [-0.1, -0.05) is 5.11 Å². The number of azide groups is 1. The van der Waals surface area contributed by atoms with Crippen LogP contribution in [0.15, 0.2) is 5.11 Å². The summed E-state index contributed by atoms with van der Waals surface area (Å²) in [6, 6.07) is -0.613. The van der Waals surface area contributed by atoms with Crippen molar-refractivity contribution in [1.82, 2.24) is 0 Å². The lowest BCUT2D eigenvalue weighted by atomic mass is 9.98. The third kappa shape index (κ3) is 10.5. The minimum atomic E-state index is -1.99. The second-order valence-corrected chi connectivity index (χ2v) is 29.7. The lowest BCUT2D eigenvalue weighted by Crippen LogP contribution is -2.65. The second kappa shape index (κ2) is 10.3. The Morgan fingerprint density at radius 1 is 0.733 bits per heavy atom. The summed E-state index contributed by atoms with van der Waals surface area (Å²) in [6.07, 6.45) is -1.84. The molecule has 0 spiro atoms. The van der Waals surface area contributed by atoms with E-state index in [2.05, 4.69) is 88.6 Å². The zero-order valence-electron chi connectivity index (χ0n) is 21.0. The van der Waals surface area contributed by atoms with Crippen molar-refractivity contribution in [3.63, 3.8) is 0 Å². The normalized spacial score (nSPS) is 28.9. The van der Waals surface area contributed by atoms with E-state index in [9.17, 15) is 5.53 Å². The number of nitrogens with zero attached hydrogens (tertiary/aromatic N) is 3. The predicted octanol–water partition coefficient (Wildman–Crippen LogP) is 5.53. The van der Waals surface area contributed by atoms with Crippen molar-refractivity contribution in [1.29, 1.82) is 0 Å². The molecule has 12 heteroatoms. The summed E-state index contributed by atoms with van der Waals surface area (Å²) in [7, 11) is -7.69. The molecule has 0 saturated carbocycles. The van der Waals surface area contributed by atoms with Crippen molar-refractivity contribution in [2.75, 3.05) is 6.61 Å². The fourth-order valence-corrected chi connectivity index (χ4v) is 6.83. The highest BCUT2D eigenvalue weighted by molar-refractivity contribution is 6.71. The third-order valence-electron chi connectivity index (χ3n) is 3.93. The molecule has 0 aliphatic carbocycles. The van der Waals surface area contributed by atoms with Gasteiger partial charge in [0.05, 0.1) is 18.8 Å². The van der Waals surface area contributed by atoms with Crippen LogP contribution in [0.4, 0.5) is 0 Å². The molecule has 0 aromatic carbocycles. The van der Waals surface area contributed by atoms with E-state index in [0.29, 0.717) is 6.61 Å². The summed E-state index contributed by atoms with van der Waals surface area (Å²) in [5, 5.41) is 4.09. The van der Waals surface area contributed by atoms with Crippen molar-refractivity contribution in [2.45, 2.75) is 109 Å². The minimum absolute atomic E-state index is 0.351. The molecule has 0 amide bonds. The highest BCUT2D eigenvalue weighted by atomic mass is 28.4. The Bertz CT molecular complexity index is 607. The van der Waals surface area contributed by atoms with Crippen LogP contribution in [-0.2, 0) is 22.4 Å². The Labute approximate surface area is 187 Å². The van der Waals surface area contributed by atoms with Gasteiger partial charge in [0.1, 0.15) is 12.1 Å². The SMILES string of the molecule is C[Si](C)(C)OC[C@H]1O[C@H](O[Si](C)(C)C)[C@H](N=[N+]=[N-])[C@@H](O[Si](C)(C)C)[C@@H]1O[Si](C)(C)C. The Morgan fingerprint density at radius 3 is 1.60 bits per heavy atom. The van der Waals surface area contributed by atoms with E-state index in [1.807, 2.05) is 0 Å². The molecule has 30 heavy (non-hydrogen) atoms. The molecule has 1 rings (SSSR count). The smallest absolute Gasteiger partial charge is 0.187 e. The lowest BCUT2D eigenvalue weighted by Gasteiger charge is -2.49. The van der Waals surface area contributed by atoms with Gasteiger partial charge in [-0.15, -0.1) is 0 Å². The summed E-state index contributed by atoms with van der Waals surface area (Å²) in [4.78, 5) is 3.11. The maximum absolute atomic E-state index is 9.31. The van der Waals surface area contributed by atoms with Gasteiger partial charge in [-0.25, -0.2) is 0 Å². The quantitative estimate of drug-likeness (QED) is 0.172. The van der Waals surface area contributed by atoms with Gasteiger partial charge < -0.3 is 22.4 Å². The molecular weight excluding hydrogens is 451 g/mol. The minimum Gasteiger partial charge on any atom is -0.415 e. The molecule has 0 radical (unpaired) electrons. The van der Waals surface area contributed by atoms with Crippen molar-refractivity contribution in [3.05, 3.63) is 10.4 Å². The Kier molecular flexibility index (Phi) is 9.60. The average Bonchev–Trinajstić information content (AvgIpc) is 2.46. The average molecular weight is 494 g/mol. The van der Waals surface area contributed by atoms with Crippen molar-refractivity contribution in [3.8, 4) is 0 Å². The van der Waals surface area contributed by atoms with E-state index in [1.165, 1.54) is 0 Å². The number of hydrogen-bond acceptors (Lipinski definition) is 6. The van der Waals surface area contributed by atoms with E-state index in [0.717, 1.165) is 0 Å². The number of hydrogen-bond donors (Lipinski definition) is 0. The van der Waals surface area contributed by atoms with Crippen LogP contribution in [0.25, 0.3) is 10.4 Å². The molecule has 1 heterocycles. The van der Waals surface area contributed by atoms with E-state index in [-0.39, 0.29) is 12.2 Å². The summed E-state index contributed by atoms with van der Waals surface area (Å²) < 4.78 is 32.1. The largest absolute Gasteiger partial charge is 0.415 e. The first-order valence-electron chi connectivity index (χ1n) is 10.7. The van der Waals surface area contributed by atoms with Crippen LogP contribution in [0.3, 0.4) is 0 Å². The van der Waals surface area contributed by atoms with Crippen LogP contribution < -0.4 is 0 Å². The molecule has 0 aromatic heterocycles. The van der Waals surface area contributed by atoms with Gasteiger partial charge in [-0.2, -0.15) is 0 Å². The highest BCUT2D eigenvalue weighted by Crippen LogP contribution is 2.34. The molecule has 1 saturated heterocycles. The van der Waals surface area contributed by atoms with E-state index in [1.54, 1.807) is 0 Å². The van der Waals surface area contributed by atoms with Crippen LogP contribution in [-0.4, -0.2) is 70.5 Å². The Morgan fingerprint density at radius 2 is 1.20 bits per heavy atom. The van der Waals surface area contributed by atoms with Gasteiger partial charge in [0.2, 0.25) is 0 Å². The Balaban J connectivity index is 3.43. The highest BCUT2D eigenvalue weighted by Gasteiger charge is 2.51. The third-order valence-corrected chi connectivity index (χ3v) is 7.86. The second-order valence-electron chi connectivity index (χ2n) is 11.8. The standard InChI is InChI=1S/C18H43N3O5Si4/c1-27(2,3)22-13-14-16(24-28(4,5)6)17(25-29(7,8)9)15(20-21-19)18(23-14)26-30(10,11)12/h14-18H,13H2,1-12H3/t14-,15-,16-,17-,18-/m1/s1. The first-order valence-corrected chi connectivity index (χ1v) is 24.3. The van der Waals surface area contributed by atoms with E-state index >= 15 is 0 Å². The molecule has 0 unspecified atom stereocenters. The Hall–Kier alpha value is -0.0225. The van der Waals surface area contributed by atoms with Crippen LogP contribution in [0, 0.1) is 0 Å². The summed E-state index contributed by atoms with van der Waals surface area (Å²) in [5.74, 6) is 0. The van der Waals surface area contributed by atoms with E-state index in [4.69, 9.17) is 22.4 Å². The van der Waals surface area contributed by atoms with E-state index < -0.39 is 51.7 Å². The number of rotatable bonds is 10. The molecule has 8 nitrogen and oxygen atoms in total. The zero-order valence-corrected chi connectivity index (χ0v) is 25.0. The zero-order chi connectivity index (χ0) is 23.5. The summed E-state index contributed by atoms with van der Waals surface area (Å²) in [6.45, 7) is 26.0. The van der Waals surface area contributed by atoms with Crippen molar-refractivity contribution in [2.24, 2.45) is 5.11 Å². The van der Waals surface area contributed by atoms with Crippen molar-refractivity contribution < 1.29 is 22.4 Å². The number of ether oxygens (including phenoxy) is 1. The van der Waals surface area contributed by atoms with Crippen LogP contribution >= 0.6 is 0 Å². The van der Waals surface area contributed by atoms with Gasteiger partial charge in [-0.3, -0.25) is 0 Å². The first-order chi connectivity index (χ1) is 13.3. The molecule has 0 aromatic rings. The molecule has 0 N–H and O–H groups in total. The first kappa shape index (κ1) is 28.0. The molecule has 5 atom stereocenters. The van der Waals surface area contributed by atoms with Gasteiger partial charge in [0, 0.05) is 4.91 Å². The maximum Gasteiger partial charge on any atom is 0.187 e. The van der Waals surface area contributed by atoms with Gasteiger partial charge >= 0.3 is 0 Å². The fourth-order valence-electron chi connectivity index (χ4n) is 3.08. The van der Waals surface area contributed by atoms with Crippen molar-refractivity contribution >= 4 is 33.3 Å². The lowest BCUT2D eigenvalue weighted by molar-refractivity contribution is -0.233. The van der Waals surface area contributed by atoms with Gasteiger partial charge in [-0.05, 0) is 84.1 Å². The topological polar surface area (TPSA) is 94.9 Å². The molecule has 1 fully saturated rings. The molecule has 0 bridgehead atoms. The van der Waals surface area contributed by atoms with Crippen LogP contribution in [0.1, 0.15) is 0 Å². The summed E-state index contributed by atoms with van der Waals surface area (Å²) in [5.41, 5.74) is 9.31. The van der Waals surface area contributed by atoms with Gasteiger partial charge in [0.15, 0.2) is 39.6 Å². The molecule has 1 aliphatic rings. The summed E-state index contributed by atoms with van der Waals surface area (Å²) >= 11 is 0. The van der Waals surface area contributed by atoms with Crippen LogP contribution in [0.2, 0.25) is 78.6 Å². The predicted molar refractivity (Wildman–Crippen MR) is 132 cm³/mol. The monoisotopic (exact) mass is 493 g/mol. The molecule has 176 valence electrons.